The fourth-order valence-corrected chi connectivity index (χ4v) is 4.35. The van der Waals surface area contributed by atoms with Crippen LogP contribution >= 0.6 is 0 Å². The van der Waals surface area contributed by atoms with Gasteiger partial charge in [0.05, 0.1) is 13.2 Å². The Labute approximate surface area is 182 Å². The third-order valence-corrected chi connectivity index (χ3v) is 5.66. The lowest BCUT2D eigenvalue weighted by molar-refractivity contribution is -0.117. The minimum absolute atomic E-state index is 0.0353. The highest BCUT2D eigenvalue weighted by Crippen LogP contribution is 2.43. The van der Waals surface area contributed by atoms with E-state index in [2.05, 4.69) is 4.98 Å². The largest absolute Gasteiger partial charge is 0.480 e. The molecule has 2 aromatic carbocycles. The highest BCUT2D eigenvalue weighted by molar-refractivity contribution is 6.09. The smallest absolute Gasteiger partial charge is 0.264 e. The Morgan fingerprint density at radius 1 is 1.03 bits per heavy atom. The zero-order valence-electron chi connectivity index (χ0n) is 17.9. The molecule has 6 heteroatoms. The van der Waals surface area contributed by atoms with Gasteiger partial charge >= 0.3 is 0 Å². The fraction of sp³-hybridized carbons (Fsp3) is 0.240. The van der Waals surface area contributed by atoms with Crippen molar-refractivity contribution in [3.63, 3.8) is 0 Å². The molecule has 2 atom stereocenters. The summed E-state index contributed by atoms with van der Waals surface area (Å²) < 4.78 is 5.32. The highest BCUT2D eigenvalue weighted by Gasteiger charge is 2.38. The second-order valence-corrected chi connectivity index (χ2v) is 7.62. The monoisotopic (exact) mass is 415 g/mol. The lowest BCUT2D eigenvalue weighted by Crippen LogP contribution is -2.47. The topological polar surface area (TPSA) is 62.7 Å². The Hall–Kier alpha value is -3.67. The number of carbonyl (C=O) groups excluding carboxylic acids is 2. The lowest BCUT2D eigenvalue weighted by Gasteiger charge is -2.43. The van der Waals surface area contributed by atoms with Gasteiger partial charge < -0.3 is 14.5 Å². The number of amides is 2. The van der Waals surface area contributed by atoms with E-state index in [-0.39, 0.29) is 23.9 Å². The molecule has 0 saturated carbocycles. The quantitative estimate of drug-likeness (QED) is 0.624. The summed E-state index contributed by atoms with van der Waals surface area (Å²) in [5.41, 5.74) is 2.99. The first kappa shape index (κ1) is 20.6. The maximum Gasteiger partial charge on any atom is 0.264 e. The van der Waals surface area contributed by atoms with Gasteiger partial charge in [-0.1, -0.05) is 36.4 Å². The summed E-state index contributed by atoms with van der Waals surface area (Å²) in [6, 6.07) is 20.6. The number of anilines is 2. The van der Waals surface area contributed by atoms with Gasteiger partial charge in [0, 0.05) is 30.5 Å². The minimum atomic E-state index is -0.175. The third kappa shape index (κ3) is 3.77. The van der Waals surface area contributed by atoms with Gasteiger partial charge in [-0.3, -0.25) is 9.59 Å². The number of carbonyl (C=O) groups is 2. The van der Waals surface area contributed by atoms with Gasteiger partial charge in [-0.2, -0.15) is 0 Å². The Morgan fingerprint density at radius 3 is 2.45 bits per heavy atom. The highest BCUT2D eigenvalue weighted by atomic mass is 16.5. The standard InChI is InChI=1S/C25H25N3O3/c1-17-16-23(28(18(2)29)19-10-5-4-6-11-19)20-12-7-8-14-22(20)27(17)25(30)21-13-9-15-26-24(21)31-3/h4-15,17,23H,16H2,1-3H3. The summed E-state index contributed by atoms with van der Waals surface area (Å²) in [6.45, 7) is 3.59. The molecule has 0 aliphatic carbocycles. The van der Waals surface area contributed by atoms with E-state index in [0.717, 1.165) is 16.9 Å². The number of fused-ring (bicyclic) bond motifs is 1. The van der Waals surface area contributed by atoms with Crippen molar-refractivity contribution in [2.24, 2.45) is 0 Å². The van der Waals surface area contributed by atoms with Crippen LogP contribution < -0.4 is 14.5 Å². The van der Waals surface area contributed by atoms with Crippen LogP contribution in [0.5, 0.6) is 5.88 Å². The van der Waals surface area contributed by atoms with Gasteiger partial charge in [0.1, 0.15) is 5.56 Å². The Kier molecular flexibility index (Phi) is 5.71. The number of methoxy groups -OCH3 is 1. The van der Waals surface area contributed by atoms with Gasteiger partial charge in [0.2, 0.25) is 11.8 Å². The summed E-state index contributed by atoms with van der Waals surface area (Å²) in [4.78, 5) is 34.0. The van der Waals surface area contributed by atoms with Crippen molar-refractivity contribution in [2.45, 2.75) is 32.4 Å². The second-order valence-electron chi connectivity index (χ2n) is 7.62. The average Bonchev–Trinajstić information content (AvgIpc) is 2.79. The van der Waals surface area contributed by atoms with Crippen molar-refractivity contribution in [3.05, 3.63) is 84.1 Å². The van der Waals surface area contributed by atoms with Crippen molar-refractivity contribution in [3.8, 4) is 5.88 Å². The lowest BCUT2D eigenvalue weighted by atomic mass is 9.89. The van der Waals surface area contributed by atoms with Gasteiger partial charge in [-0.15, -0.1) is 0 Å². The second kappa shape index (κ2) is 8.60. The first-order valence-electron chi connectivity index (χ1n) is 10.3. The van der Waals surface area contributed by atoms with E-state index in [4.69, 9.17) is 4.74 Å². The summed E-state index contributed by atoms with van der Waals surface area (Å²) >= 11 is 0. The van der Waals surface area contributed by atoms with Crippen LogP contribution in [0.25, 0.3) is 0 Å². The van der Waals surface area contributed by atoms with E-state index in [1.807, 2.05) is 66.4 Å². The maximum absolute atomic E-state index is 13.6. The normalized spacial score (nSPS) is 17.6. The van der Waals surface area contributed by atoms with Crippen molar-refractivity contribution in [1.82, 2.24) is 4.98 Å². The zero-order valence-corrected chi connectivity index (χ0v) is 17.9. The molecule has 31 heavy (non-hydrogen) atoms. The minimum Gasteiger partial charge on any atom is -0.480 e. The Morgan fingerprint density at radius 2 is 1.74 bits per heavy atom. The first-order valence-corrected chi connectivity index (χ1v) is 10.3. The van der Waals surface area contributed by atoms with E-state index in [0.29, 0.717) is 17.9 Å². The summed E-state index contributed by atoms with van der Waals surface area (Å²) in [5, 5.41) is 0. The zero-order chi connectivity index (χ0) is 22.0. The molecule has 0 radical (unpaired) electrons. The molecule has 4 rings (SSSR count). The van der Waals surface area contributed by atoms with E-state index in [1.165, 1.54) is 7.11 Å². The molecule has 0 N–H and O–H groups in total. The number of para-hydroxylation sites is 2. The van der Waals surface area contributed by atoms with E-state index in [1.54, 1.807) is 30.2 Å². The average molecular weight is 415 g/mol. The number of nitrogens with zero attached hydrogens (tertiary/aromatic N) is 3. The Balaban J connectivity index is 1.80. The van der Waals surface area contributed by atoms with Crippen molar-refractivity contribution in [1.29, 1.82) is 0 Å². The predicted octanol–water partition coefficient (Wildman–Crippen LogP) is 4.62. The molecule has 2 heterocycles. The number of pyridine rings is 1. The van der Waals surface area contributed by atoms with Crippen molar-refractivity contribution < 1.29 is 14.3 Å². The van der Waals surface area contributed by atoms with E-state index in [9.17, 15) is 9.59 Å². The van der Waals surface area contributed by atoms with Gasteiger partial charge in [-0.05, 0) is 49.2 Å². The predicted molar refractivity (Wildman–Crippen MR) is 120 cm³/mol. The molecule has 0 bridgehead atoms. The SMILES string of the molecule is COc1ncccc1C(=O)N1c2ccccc2C(N(C(C)=O)c2ccccc2)CC1C. The van der Waals surface area contributed by atoms with E-state index < -0.39 is 0 Å². The van der Waals surface area contributed by atoms with Gasteiger partial charge in [0.15, 0.2) is 0 Å². The van der Waals surface area contributed by atoms with Crippen LogP contribution in [0, 0.1) is 0 Å². The summed E-state index contributed by atoms with van der Waals surface area (Å²) in [6.07, 6.45) is 2.21. The van der Waals surface area contributed by atoms with Crippen LogP contribution in [-0.2, 0) is 4.79 Å². The molecular weight excluding hydrogens is 390 g/mol. The molecular formula is C25H25N3O3. The molecule has 2 amide bonds. The number of hydrogen-bond acceptors (Lipinski definition) is 4. The molecule has 0 fully saturated rings. The van der Waals surface area contributed by atoms with Crippen LogP contribution in [0.4, 0.5) is 11.4 Å². The number of rotatable bonds is 4. The third-order valence-electron chi connectivity index (χ3n) is 5.66. The maximum atomic E-state index is 13.6. The molecule has 0 saturated heterocycles. The van der Waals surface area contributed by atoms with E-state index >= 15 is 0 Å². The number of aromatic nitrogens is 1. The van der Waals surface area contributed by atoms with Crippen LogP contribution in [0.3, 0.4) is 0 Å². The molecule has 3 aromatic rings. The molecule has 2 unspecified atom stereocenters. The van der Waals surface area contributed by atoms with Crippen LogP contribution in [0.1, 0.15) is 42.2 Å². The Bertz CT molecular complexity index is 1100. The van der Waals surface area contributed by atoms with Crippen LogP contribution in [-0.4, -0.2) is 29.9 Å². The molecule has 1 aromatic heterocycles. The summed E-state index contributed by atoms with van der Waals surface area (Å²) in [7, 11) is 1.51. The number of ether oxygens (including phenoxy) is 1. The number of hydrogen-bond donors (Lipinski definition) is 0. The number of benzene rings is 2. The van der Waals surface area contributed by atoms with Crippen molar-refractivity contribution in [2.75, 3.05) is 16.9 Å². The van der Waals surface area contributed by atoms with Crippen LogP contribution in [0.15, 0.2) is 72.9 Å². The molecule has 158 valence electrons. The molecule has 1 aliphatic rings. The van der Waals surface area contributed by atoms with Gasteiger partial charge in [-0.25, -0.2) is 4.98 Å². The van der Waals surface area contributed by atoms with Crippen molar-refractivity contribution >= 4 is 23.2 Å². The van der Waals surface area contributed by atoms with Crippen LogP contribution in [0.2, 0.25) is 0 Å². The fourth-order valence-electron chi connectivity index (χ4n) is 4.35. The summed E-state index contributed by atoms with van der Waals surface area (Å²) in [5.74, 6) is 0.0956. The molecule has 0 spiro atoms. The molecule has 6 nitrogen and oxygen atoms in total. The van der Waals surface area contributed by atoms with Gasteiger partial charge in [0.25, 0.3) is 5.91 Å². The molecule has 1 aliphatic heterocycles. The first-order chi connectivity index (χ1) is 15.0.